The summed E-state index contributed by atoms with van der Waals surface area (Å²) in [4.78, 5) is 12.1. The van der Waals surface area contributed by atoms with Gasteiger partial charge in [0.2, 0.25) is 10.0 Å². The first kappa shape index (κ1) is 15.7. The van der Waals surface area contributed by atoms with E-state index in [1.54, 1.807) is 0 Å². The third-order valence-electron chi connectivity index (χ3n) is 3.57. The highest BCUT2D eigenvalue weighted by molar-refractivity contribution is 7.89. The maximum atomic E-state index is 12.8. The Bertz CT molecular complexity index is 595. The molecule has 2 N–H and O–H groups in total. The van der Waals surface area contributed by atoms with Gasteiger partial charge in [-0.25, -0.2) is 22.3 Å². The summed E-state index contributed by atoms with van der Waals surface area (Å²) in [6, 6.07) is 4.62. The standard InChI is InChI=1S/C13H17FN2O4S/c14-11-1-3-12(4-2-11)21(19,20)15-9-10-5-7-16(8-6-10)13(17)18/h1-4,10,15H,5-9H2,(H,17,18). The average Bonchev–Trinajstić information content (AvgIpc) is 2.46. The van der Waals surface area contributed by atoms with E-state index in [2.05, 4.69) is 4.72 Å². The van der Waals surface area contributed by atoms with Gasteiger partial charge in [0.25, 0.3) is 0 Å². The van der Waals surface area contributed by atoms with Gasteiger partial charge in [-0.05, 0) is 43.0 Å². The fourth-order valence-electron chi connectivity index (χ4n) is 2.25. The van der Waals surface area contributed by atoms with Crippen LogP contribution in [0.25, 0.3) is 0 Å². The molecular weight excluding hydrogens is 299 g/mol. The molecule has 0 aliphatic carbocycles. The number of piperidine rings is 1. The summed E-state index contributed by atoms with van der Waals surface area (Å²) in [5.74, 6) is -0.384. The van der Waals surface area contributed by atoms with Crippen molar-refractivity contribution in [2.75, 3.05) is 19.6 Å². The predicted molar refractivity (Wildman–Crippen MR) is 73.9 cm³/mol. The van der Waals surface area contributed by atoms with E-state index in [-0.39, 0.29) is 17.4 Å². The maximum absolute atomic E-state index is 12.8. The van der Waals surface area contributed by atoms with Gasteiger partial charge < -0.3 is 10.0 Å². The molecule has 1 amide bonds. The van der Waals surface area contributed by atoms with E-state index in [9.17, 15) is 17.6 Å². The van der Waals surface area contributed by atoms with Gasteiger partial charge in [0.05, 0.1) is 4.90 Å². The van der Waals surface area contributed by atoms with Crippen LogP contribution in [0, 0.1) is 11.7 Å². The minimum Gasteiger partial charge on any atom is -0.465 e. The van der Waals surface area contributed by atoms with Crippen LogP contribution < -0.4 is 4.72 Å². The molecule has 2 rings (SSSR count). The van der Waals surface area contributed by atoms with Crippen LogP contribution in [0.4, 0.5) is 9.18 Å². The summed E-state index contributed by atoms with van der Waals surface area (Å²) < 4.78 is 39.3. The van der Waals surface area contributed by atoms with Crippen molar-refractivity contribution in [2.45, 2.75) is 17.7 Å². The van der Waals surface area contributed by atoms with Gasteiger partial charge in [-0.1, -0.05) is 0 Å². The van der Waals surface area contributed by atoms with Crippen molar-refractivity contribution in [1.29, 1.82) is 0 Å². The number of sulfonamides is 1. The number of likely N-dealkylation sites (tertiary alicyclic amines) is 1. The number of nitrogens with zero attached hydrogens (tertiary/aromatic N) is 1. The maximum Gasteiger partial charge on any atom is 0.407 e. The first-order chi connectivity index (χ1) is 9.88. The Morgan fingerprint density at radius 2 is 1.86 bits per heavy atom. The lowest BCUT2D eigenvalue weighted by Gasteiger charge is -2.29. The highest BCUT2D eigenvalue weighted by Gasteiger charge is 2.24. The molecule has 1 aliphatic rings. The van der Waals surface area contributed by atoms with Gasteiger partial charge in [-0.15, -0.1) is 0 Å². The third kappa shape index (κ3) is 4.15. The fraction of sp³-hybridized carbons (Fsp3) is 0.462. The van der Waals surface area contributed by atoms with Crippen LogP contribution in [-0.2, 0) is 10.0 Å². The van der Waals surface area contributed by atoms with Crippen LogP contribution in [0.3, 0.4) is 0 Å². The van der Waals surface area contributed by atoms with Crippen LogP contribution in [0.15, 0.2) is 29.2 Å². The number of hydrogen-bond donors (Lipinski definition) is 2. The summed E-state index contributed by atoms with van der Waals surface area (Å²) in [5.41, 5.74) is 0. The minimum absolute atomic E-state index is 0.0203. The van der Waals surface area contributed by atoms with Crippen LogP contribution in [0.1, 0.15) is 12.8 Å². The van der Waals surface area contributed by atoms with Gasteiger partial charge in [0, 0.05) is 19.6 Å². The Labute approximate surface area is 122 Å². The molecule has 21 heavy (non-hydrogen) atoms. The van der Waals surface area contributed by atoms with E-state index in [1.807, 2.05) is 0 Å². The van der Waals surface area contributed by atoms with Gasteiger partial charge >= 0.3 is 6.09 Å². The molecule has 1 heterocycles. The zero-order valence-electron chi connectivity index (χ0n) is 11.3. The summed E-state index contributed by atoms with van der Waals surface area (Å²) in [6.45, 7) is 1.09. The topological polar surface area (TPSA) is 86.7 Å². The fourth-order valence-corrected chi connectivity index (χ4v) is 3.37. The Balaban J connectivity index is 1.88. The Morgan fingerprint density at radius 3 is 2.38 bits per heavy atom. The Morgan fingerprint density at radius 1 is 1.29 bits per heavy atom. The molecule has 116 valence electrons. The molecular formula is C13H17FN2O4S. The monoisotopic (exact) mass is 316 g/mol. The smallest absolute Gasteiger partial charge is 0.407 e. The van der Waals surface area contributed by atoms with Crippen molar-refractivity contribution < 1.29 is 22.7 Å². The lowest BCUT2D eigenvalue weighted by atomic mass is 9.97. The number of hydrogen-bond acceptors (Lipinski definition) is 3. The van der Waals surface area contributed by atoms with Crippen molar-refractivity contribution in [3.05, 3.63) is 30.1 Å². The van der Waals surface area contributed by atoms with Crippen molar-refractivity contribution in [1.82, 2.24) is 9.62 Å². The lowest BCUT2D eigenvalue weighted by Crippen LogP contribution is -2.40. The number of halogens is 1. The SMILES string of the molecule is O=C(O)N1CCC(CNS(=O)(=O)c2ccc(F)cc2)CC1. The Hall–Kier alpha value is -1.67. The highest BCUT2D eigenvalue weighted by atomic mass is 32.2. The number of amides is 1. The van der Waals surface area contributed by atoms with Crippen molar-refractivity contribution >= 4 is 16.1 Å². The summed E-state index contributed by atoms with van der Waals surface area (Å²) in [5, 5.41) is 8.84. The highest BCUT2D eigenvalue weighted by Crippen LogP contribution is 2.17. The second-order valence-electron chi connectivity index (χ2n) is 5.02. The zero-order valence-corrected chi connectivity index (χ0v) is 12.1. The number of carbonyl (C=O) groups is 1. The van der Waals surface area contributed by atoms with Crippen molar-refractivity contribution in [2.24, 2.45) is 5.92 Å². The van der Waals surface area contributed by atoms with Gasteiger partial charge in [0.1, 0.15) is 5.82 Å². The summed E-state index contributed by atoms with van der Waals surface area (Å²) in [6.07, 6.45) is 0.302. The quantitative estimate of drug-likeness (QED) is 0.881. The van der Waals surface area contributed by atoms with Gasteiger partial charge in [0.15, 0.2) is 0 Å². The molecule has 0 aromatic heterocycles. The lowest BCUT2D eigenvalue weighted by molar-refractivity contribution is 0.125. The molecule has 1 aromatic rings. The second-order valence-corrected chi connectivity index (χ2v) is 6.79. The molecule has 0 bridgehead atoms. The van der Waals surface area contributed by atoms with E-state index in [4.69, 9.17) is 5.11 Å². The number of carboxylic acid groups (broad SMARTS) is 1. The van der Waals surface area contributed by atoms with E-state index >= 15 is 0 Å². The molecule has 0 unspecified atom stereocenters. The molecule has 0 atom stereocenters. The second kappa shape index (κ2) is 6.40. The number of nitrogens with one attached hydrogen (secondary N) is 1. The van der Waals surface area contributed by atoms with Gasteiger partial charge in [-0.2, -0.15) is 0 Å². The Kier molecular flexibility index (Phi) is 4.79. The van der Waals surface area contributed by atoms with E-state index in [0.717, 1.165) is 12.1 Å². The van der Waals surface area contributed by atoms with Crippen LogP contribution in [0.5, 0.6) is 0 Å². The molecule has 0 saturated carbocycles. The third-order valence-corrected chi connectivity index (χ3v) is 5.01. The van der Waals surface area contributed by atoms with Crippen molar-refractivity contribution in [3.8, 4) is 0 Å². The van der Waals surface area contributed by atoms with E-state index in [0.29, 0.717) is 25.9 Å². The zero-order chi connectivity index (χ0) is 15.5. The number of rotatable bonds is 4. The van der Waals surface area contributed by atoms with Crippen LogP contribution >= 0.6 is 0 Å². The molecule has 0 spiro atoms. The molecule has 1 fully saturated rings. The molecule has 6 nitrogen and oxygen atoms in total. The van der Waals surface area contributed by atoms with Crippen molar-refractivity contribution in [3.63, 3.8) is 0 Å². The molecule has 1 aromatic carbocycles. The minimum atomic E-state index is -3.65. The molecule has 0 radical (unpaired) electrons. The summed E-state index contributed by atoms with van der Waals surface area (Å²) in [7, 11) is -3.65. The molecule has 1 aliphatic heterocycles. The van der Waals surface area contributed by atoms with Crippen LogP contribution in [0.2, 0.25) is 0 Å². The first-order valence-electron chi connectivity index (χ1n) is 6.61. The summed E-state index contributed by atoms with van der Waals surface area (Å²) >= 11 is 0. The number of benzene rings is 1. The van der Waals surface area contributed by atoms with Gasteiger partial charge in [-0.3, -0.25) is 0 Å². The largest absolute Gasteiger partial charge is 0.465 e. The van der Waals surface area contributed by atoms with Crippen LogP contribution in [-0.4, -0.2) is 44.2 Å². The predicted octanol–water partition coefficient (Wildman–Crippen LogP) is 1.49. The molecule has 1 saturated heterocycles. The normalized spacial score (nSPS) is 16.9. The average molecular weight is 316 g/mol. The van der Waals surface area contributed by atoms with E-state index in [1.165, 1.54) is 17.0 Å². The first-order valence-corrected chi connectivity index (χ1v) is 8.10. The van der Waals surface area contributed by atoms with E-state index < -0.39 is 21.9 Å². The molecule has 8 heteroatoms.